The molecule has 2 aromatic carbocycles. The number of carbonyl (C=O) groups is 2. The van der Waals surface area contributed by atoms with Crippen LogP contribution in [0.25, 0.3) is 0 Å². The molecule has 2 amide bonds. The van der Waals surface area contributed by atoms with Crippen LogP contribution in [0.15, 0.2) is 52.3 Å². The van der Waals surface area contributed by atoms with Gasteiger partial charge in [0.2, 0.25) is 5.91 Å². The predicted octanol–water partition coefficient (Wildman–Crippen LogP) is 3.74. The quantitative estimate of drug-likeness (QED) is 0.751. The van der Waals surface area contributed by atoms with Gasteiger partial charge in [0.1, 0.15) is 11.0 Å². The van der Waals surface area contributed by atoms with Crippen LogP contribution in [-0.4, -0.2) is 38.7 Å². The molecular formula is C20H23N3O3S2. The fourth-order valence-electron chi connectivity index (χ4n) is 2.82. The van der Waals surface area contributed by atoms with Crippen LogP contribution in [0, 0.1) is 0 Å². The molecule has 0 fully saturated rings. The highest BCUT2D eigenvalue weighted by Crippen LogP contribution is 2.36. The Balaban J connectivity index is 1.71. The second-order valence-electron chi connectivity index (χ2n) is 6.30. The van der Waals surface area contributed by atoms with Gasteiger partial charge in [-0.25, -0.2) is 8.51 Å². The zero-order valence-corrected chi connectivity index (χ0v) is 17.7. The van der Waals surface area contributed by atoms with E-state index in [9.17, 15) is 13.8 Å². The highest BCUT2D eigenvalue weighted by molar-refractivity contribution is 8.01. The van der Waals surface area contributed by atoms with E-state index >= 15 is 0 Å². The van der Waals surface area contributed by atoms with Crippen molar-refractivity contribution in [2.75, 3.05) is 23.7 Å². The second-order valence-corrected chi connectivity index (χ2v) is 9.17. The summed E-state index contributed by atoms with van der Waals surface area (Å²) in [4.78, 5) is 26.1. The minimum Gasteiger partial charge on any atom is -0.324 e. The van der Waals surface area contributed by atoms with E-state index in [-0.39, 0.29) is 17.1 Å². The SMILES string of the molecule is CCN(CC)S(=O)c1ccc(NC(=O)c2ccc3c(c2)NC(=O)C(C)S3)cc1. The first-order valence-corrected chi connectivity index (χ1v) is 11.1. The van der Waals surface area contributed by atoms with Crippen LogP contribution in [0.1, 0.15) is 31.1 Å². The highest BCUT2D eigenvalue weighted by Gasteiger charge is 2.23. The summed E-state index contributed by atoms with van der Waals surface area (Å²) >= 11 is 1.48. The van der Waals surface area contributed by atoms with E-state index in [2.05, 4.69) is 10.6 Å². The van der Waals surface area contributed by atoms with E-state index in [0.717, 1.165) is 4.90 Å². The summed E-state index contributed by atoms with van der Waals surface area (Å²) in [6.07, 6.45) is 0. The van der Waals surface area contributed by atoms with Crippen molar-refractivity contribution in [3.63, 3.8) is 0 Å². The standard InChI is InChI=1S/C20H23N3O3S2/c1-4-23(5-2)28(26)16-9-7-15(8-10-16)21-20(25)14-6-11-18-17(12-14)22-19(24)13(3)27-18/h6-13H,4-5H2,1-3H3,(H,21,25)(H,22,24). The van der Waals surface area contributed by atoms with E-state index in [1.54, 1.807) is 36.4 Å². The summed E-state index contributed by atoms with van der Waals surface area (Å²) in [6, 6.07) is 12.3. The van der Waals surface area contributed by atoms with Gasteiger partial charge in [0.25, 0.3) is 5.91 Å². The number of thioether (sulfide) groups is 1. The maximum Gasteiger partial charge on any atom is 0.255 e. The number of anilines is 2. The fraction of sp³-hybridized carbons (Fsp3) is 0.300. The zero-order valence-electron chi connectivity index (χ0n) is 16.0. The molecule has 0 radical (unpaired) electrons. The zero-order chi connectivity index (χ0) is 20.3. The molecule has 0 aliphatic carbocycles. The molecule has 1 heterocycles. The average molecular weight is 418 g/mol. The molecule has 8 heteroatoms. The average Bonchev–Trinajstić information content (AvgIpc) is 2.70. The van der Waals surface area contributed by atoms with Crippen LogP contribution in [-0.2, 0) is 15.8 Å². The van der Waals surface area contributed by atoms with Gasteiger partial charge < -0.3 is 10.6 Å². The molecule has 0 spiro atoms. The Hall–Kier alpha value is -2.16. The Bertz CT molecular complexity index is 911. The first kappa shape index (κ1) is 20.6. The van der Waals surface area contributed by atoms with Gasteiger partial charge in [-0.3, -0.25) is 9.59 Å². The van der Waals surface area contributed by atoms with Crippen LogP contribution in [0.3, 0.4) is 0 Å². The van der Waals surface area contributed by atoms with Crippen molar-refractivity contribution >= 4 is 45.9 Å². The maximum atomic E-state index is 12.6. The molecule has 0 saturated carbocycles. The van der Waals surface area contributed by atoms with Gasteiger partial charge in [-0.1, -0.05) is 13.8 Å². The van der Waals surface area contributed by atoms with Crippen molar-refractivity contribution in [2.45, 2.75) is 35.8 Å². The number of fused-ring (bicyclic) bond motifs is 1. The first-order chi connectivity index (χ1) is 13.4. The van der Waals surface area contributed by atoms with Crippen molar-refractivity contribution in [1.82, 2.24) is 4.31 Å². The lowest BCUT2D eigenvalue weighted by molar-refractivity contribution is -0.115. The molecule has 1 aliphatic rings. The molecule has 3 rings (SSSR count). The summed E-state index contributed by atoms with van der Waals surface area (Å²) in [7, 11) is -1.21. The number of hydrogen-bond acceptors (Lipinski definition) is 4. The molecule has 28 heavy (non-hydrogen) atoms. The smallest absolute Gasteiger partial charge is 0.255 e. The lowest BCUT2D eigenvalue weighted by atomic mass is 10.1. The lowest BCUT2D eigenvalue weighted by Gasteiger charge is -2.21. The Morgan fingerprint density at radius 3 is 2.50 bits per heavy atom. The van der Waals surface area contributed by atoms with Crippen molar-refractivity contribution in [3.05, 3.63) is 48.0 Å². The van der Waals surface area contributed by atoms with Crippen LogP contribution in [0.5, 0.6) is 0 Å². The molecule has 6 nitrogen and oxygen atoms in total. The third kappa shape index (κ3) is 4.45. The summed E-state index contributed by atoms with van der Waals surface area (Å²) in [5.41, 5.74) is 1.74. The monoisotopic (exact) mass is 417 g/mol. The Morgan fingerprint density at radius 2 is 1.86 bits per heavy atom. The van der Waals surface area contributed by atoms with Gasteiger partial charge in [0.05, 0.1) is 15.8 Å². The number of hydrogen-bond donors (Lipinski definition) is 2. The van der Waals surface area contributed by atoms with Crippen LogP contribution in [0.2, 0.25) is 0 Å². The van der Waals surface area contributed by atoms with Crippen molar-refractivity contribution in [3.8, 4) is 0 Å². The normalized spacial score (nSPS) is 17.0. The molecule has 148 valence electrons. The van der Waals surface area contributed by atoms with Crippen LogP contribution >= 0.6 is 11.8 Å². The van der Waals surface area contributed by atoms with Gasteiger partial charge >= 0.3 is 0 Å². The number of carbonyl (C=O) groups excluding carboxylic acids is 2. The van der Waals surface area contributed by atoms with Gasteiger partial charge in [0, 0.05) is 29.2 Å². The van der Waals surface area contributed by atoms with Crippen molar-refractivity contribution in [1.29, 1.82) is 0 Å². The molecule has 0 bridgehead atoms. The second kappa shape index (κ2) is 8.89. The van der Waals surface area contributed by atoms with Gasteiger partial charge in [-0.2, -0.15) is 0 Å². The largest absolute Gasteiger partial charge is 0.324 e. The van der Waals surface area contributed by atoms with E-state index in [4.69, 9.17) is 0 Å². The molecule has 2 atom stereocenters. The van der Waals surface area contributed by atoms with E-state index in [1.807, 2.05) is 31.1 Å². The number of benzene rings is 2. The molecule has 2 unspecified atom stereocenters. The van der Waals surface area contributed by atoms with E-state index in [0.29, 0.717) is 34.9 Å². The molecular weight excluding hydrogens is 394 g/mol. The number of amides is 2. The topological polar surface area (TPSA) is 78.5 Å². The van der Waals surface area contributed by atoms with Gasteiger partial charge in [-0.15, -0.1) is 11.8 Å². The molecule has 2 aromatic rings. The summed E-state index contributed by atoms with van der Waals surface area (Å²) in [6.45, 7) is 7.19. The Labute approximate surface area is 171 Å². The third-order valence-corrected chi connectivity index (χ3v) is 7.26. The lowest BCUT2D eigenvalue weighted by Crippen LogP contribution is -2.26. The summed E-state index contributed by atoms with van der Waals surface area (Å²) in [5, 5.41) is 5.52. The van der Waals surface area contributed by atoms with Gasteiger partial charge in [0.15, 0.2) is 0 Å². The molecule has 1 aliphatic heterocycles. The van der Waals surface area contributed by atoms with E-state index < -0.39 is 11.0 Å². The maximum absolute atomic E-state index is 12.6. The predicted molar refractivity (Wildman–Crippen MR) is 114 cm³/mol. The Morgan fingerprint density at radius 1 is 1.18 bits per heavy atom. The van der Waals surface area contributed by atoms with Crippen LogP contribution in [0.4, 0.5) is 11.4 Å². The minimum absolute atomic E-state index is 0.0631. The third-order valence-electron chi connectivity index (χ3n) is 4.43. The first-order valence-electron chi connectivity index (χ1n) is 9.12. The number of nitrogens with zero attached hydrogens (tertiary/aromatic N) is 1. The molecule has 0 saturated heterocycles. The minimum atomic E-state index is -1.21. The summed E-state index contributed by atoms with van der Waals surface area (Å²) < 4.78 is 14.3. The number of rotatable bonds is 6. The van der Waals surface area contributed by atoms with Crippen molar-refractivity contribution in [2.24, 2.45) is 0 Å². The summed E-state index contributed by atoms with van der Waals surface area (Å²) in [5.74, 6) is -0.329. The number of nitrogens with one attached hydrogen (secondary N) is 2. The Kier molecular flexibility index (Phi) is 6.53. The van der Waals surface area contributed by atoms with Crippen molar-refractivity contribution < 1.29 is 13.8 Å². The molecule has 0 aromatic heterocycles. The van der Waals surface area contributed by atoms with E-state index in [1.165, 1.54) is 11.8 Å². The molecule has 2 N–H and O–H groups in total. The fourth-order valence-corrected chi connectivity index (χ4v) is 4.88. The van der Waals surface area contributed by atoms with Gasteiger partial charge in [-0.05, 0) is 49.4 Å². The van der Waals surface area contributed by atoms with Crippen LogP contribution < -0.4 is 10.6 Å². The highest BCUT2D eigenvalue weighted by atomic mass is 32.2.